The van der Waals surface area contributed by atoms with Crippen molar-refractivity contribution in [3.8, 4) is 22.3 Å². The van der Waals surface area contributed by atoms with E-state index in [1.807, 2.05) is 0 Å². The van der Waals surface area contributed by atoms with Crippen LogP contribution < -0.4 is 0 Å². The van der Waals surface area contributed by atoms with Crippen LogP contribution in [0.25, 0.3) is 56.0 Å². The van der Waals surface area contributed by atoms with Crippen molar-refractivity contribution in [3.05, 3.63) is 154 Å². The summed E-state index contributed by atoms with van der Waals surface area (Å²) >= 11 is -4.98. The molecule has 0 fully saturated rings. The second-order valence-electron chi connectivity index (χ2n) is 16.0. The fraction of sp³-hybridized carbons (Fsp3) is 0.234. The first-order chi connectivity index (χ1) is 24.4. The van der Waals surface area contributed by atoms with E-state index in [1.54, 1.807) is 0 Å². The molecule has 0 radical (unpaired) electrons. The molecule has 6 aromatic carbocycles. The molecule has 257 valence electrons. The van der Waals surface area contributed by atoms with Gasteiger partial charge in [-0.15, -0.1) is 0 Å². The number of benzene rings is 6. The molecule has 51 heavy (non-hydrogen) atoms. The maximum atomic E-state index is 8.85. The van der Waals surface area contributed by atoms with Gasteiger partial charge in [0, 0.05) is 0 Å². The SMILES string of the molecule is CC1=Cc2c(-c3cccc4ccccc34)ccc(C(C)C)c2[CH]1[Zr]([Cl])([Cl])([CH]1C(C(C)C)=Cc2c(-c3cccc4ccccc34)cccc21)[SiH](C)C. The molecule has 0 saturated heterocycles. The topological polar surface area (TPSA) is 0 Å². The van der Waals surface area contributed by atoms with E-state index >= 15 is 0 Å². The van der Waals surface area contributed by atoms with Gasteiger partial charge in [0.05, 0.1) is 0 Å². The molecule has 0 N–H and O–H groups in total. The van der Waals surface area contributed by atoms with Crippen LogP contribution in [0, 0.1) is 5.92 Å². The van der Waals surface area contributed by atoms with E-state index in [2.05, 4.69) is 175 Å². The molecule has 0 heterocycles. The number of rotatable bonds is 7. The van der Waals surface area contributed by atoms with Crippen LogP contribution in [-0.2, 0) is 15.6 Å². The van der Waals surface area contributed by atoms with Crippen molar-refractivity contribution in [2.45, 2.75) is 60.9 Å². The van der Waals surface area contributed by atoms with Gasteiger partial charge in [0.25, 0.3) is 0 Å². The fourth-order valence-electron chi connectivity index (χ4n) is 9.65. The third kappa shape index (κ3) is 5.30. The summed E-state index contributed by atoms with van der Waals surface area (Å²) in [7, 11) is 17.7. The van der Waals surface area contributed by atoms with E-state index in [4.69, 9.17) is 17.0 Å². The molecule has 2 unspecified atom stereocenters. The van der Waals surface area contributed by atoms with Crippen LogP contribution in [0.3, 0.4) is 0 Å². The Hall–Kier alpha value is -3.00. The summed E-state index contributed by atoms with van der Waals surface area (Å²) in [6.45, 7) is 16.6. The maximum absolute atomic E-state index is 8.85. The summed E-state index contributed by atoms with van der Waals surface area (Å²) < 4.78 is 0.0926. The zero-order valence-corrected chi connectivity index (χ0v) is 35.9. The molecule has 2 atom stereocenters. The van der Waals surface area contributed by atoms with Gasteiger partial charge in [0.15, 0.2) is 0 Å². The van der Waals surface area contributed by atoms with Gasteiger partial charge in [-0.1, -0.05) is 0 Å². The van der Waals surface area contributed by atoms with E-state index in [-0.39, 0.29) is 7.25 Å². The van der Waals surface area contributed by atoms with Gasteiger partial charge in [-0.05, 0) is 0 Å². The van der Waals surface area contributed by atoms with Crippen LogP contribution in [0.5, 0.6) is 0 Å². The van der Waals surface area contributed by atoms with Crippen LogP contribution in [0.15, 0.2) is 126 Å². The molecule has 0 amide bonds. The van der Waals surface area contributed by atoms with Gasteiger partial charge in [0.2, 0.25) is 0 Å². The van der Waals surface area contributed by atoms with Gasteiger partial charge in [0.1, 0.15) is 0 Å². The van der Waals surface area contributed by atoms with Crippen molar-refractivity contribution in [3.63, 3.8) is 0 Å². The Morgan fingerprint density at radius 3 is 1.65 bits per heavy atom. The summed E-state index contributed by atoms with van der Waals surface area (Å²) in [5, 5.41) is 5.08. The van der Waals surface area contributed by atoms with Crippen molar-refractivity contribution >= 4 is 56.6 Å². The zero-order valence-electron chi connectivity index (χ0n) is 30.8. The molecule has 0 aliphatic heterocycles. The standard InChI is InChI=1S/C23H21.C22H19.C2H7Si.2ClH.Zr/c1-15(2)18-11-12-21(23-14-16(3)13-22(18)23)20-10-6-8-17-7-4-5-9-19(17)20;1-15(2)18-13-17-9-6-12-21(22(17)14-18)20-11-5-8-16-7-3-4-10-19(16)20;1-3-2;;;/h4-15H,1-3H3;3-15H,1-2H3;3H,1-2H3;2*1H;/q;;;;;+2/p-2. The first-order valence-electron chi connectivity index (χ1n) is 18.6. The number of halogens is 2. The van der Waals surface area contributed by atoms with Crippen molar-refractivity contribution in [2.75, 3.05) is 0 Å². The molecule has 0 aromatic heterocycles. The van der Waals surface area contributed by atoms with Crippen LogP contribution in [0.1, 0.15) is 75.6 Å². The zero-order chi connectivity index (χ0) is 35.8. The fourth-order valence-corrected chi connectivity index (χ4v) is 41.7. The Labute approximate surface area is 313 Å². The van der Waals surface area contributed by atoms with Crippen molar-refractivity contribution in [2.24, 2.45) is 5.92 Å². The van der Waals surface area contributed by atoms with Gasteiger partial charge < -0.3 is 0 Å². The van der Waals surface area contributed by atoms with Crippen molar-refractivity contribution < 1.29 is 15.6 Å². The molecule has 0 nitrogen and oxygen atoms in total. The second-order valence-corrected chi connectivity index (χ2v) is 58.5. The third-order valence-electron chi connectivity index (χ3n) is 12.2. The minimum atomic E-state index is -4.98. The minimum absolute atomic E-state index is 0.0445. The normalized spacial score (nSPS) is 17.9. The van der Waals surface area contributed by atoms with Crippen molar-refractivity contribution in [1.82, 2.24) is 0 Å². The molecule has 2 aliphatic rings. The Balaban J connectivity index is 1.39. The molecule has 0 spiro atoms. The van der Waals surface area contributed by atoms with Gasteiger partial charge >= 0.3 is 315 Å². The van der Waals surface area contributed by atoms with Gasteiger partial charge in [-0.2, -0.15) is 0 Å². The quantitative estimate of drug-likeness (QED) is 0.141. The van der Waals surface area contributed by atoms with Gasteiger partial charge in [-0.3, -0.25) is 0 Å². The molecule has 8 rings (SSSR count). The van der Waals surface area contributed by atoms with Crippen LogP contribution in [0.4, 0.5) is 0 Å². The molecule has 2 aliphatic carbocycles. The van der Waals surface area contributed by atoms with E-state index < -0.39 is 21.5 Å². The second kappa shape index (κ2) is 12.8. The molecule has 6 aromatic rings. The average Bonchev–Trinajstić information content (AvgIpc) is 3.70. The average molecular weight is 802 g/mol. The van der Waals surface area contributed by atoms with E-state index in [1.165, 1.54) is 82.8 Å². The molecule has 0 saturated carbocycles. The predicted octanol–water partition coefficient (Wildman–Crippen LogP) is 14.7. The van der Waals surface area contributed by atoms with Crippen LogP contribution in [0.2, 0.25) is 13.1 Å². The van der Waals surface area contributed by atoms with Crippen LogP contribution in [-0.4, -0.2) is 5.92 Å². The first kappa shape index (κ1) is 35.1. The summed E-state index contributed by atoms with van der Waals surface area (Å²) in [6, 6.07) is 42.6. The third-order valence-corrected chi connectivity index (χ3v) is 64.1. The van der Waals surface area contributed by atoms with Gasteiger partial charge in [-0.25, -0.2) is 0 Å². The number of allylic oxidation sites excluding steroid dienone is 2. The first-order valence-corrected chi connectivity index (χ1v) is 35.0. The monoisotopic (exact) mass is 799 g/mol. The molecular weight excluding hydrogens is 755 g/mol. The Morgan fingerprint density at radius 1 is 0.549 bits per heavy atom. The molecular formula is C47H47Cl2SiZr. The van der Waals surface area contributed by atoms with E-state index in [9.17, 15) is 0 Å². The number of hydrogen-bond donors (Lipinski definition) is 0. The number of fused-ring (bicyclic) bond motifs is 4. The van der Waals surface area contributed by atoms with Crippen LogP contribution >= 0.6 is 17.0 Å². The van der Waals surface area contributed by atoms with E-state index in [0.29, 0.717) is 11.8 Å². The Bertz CT molecular complexity index is 2420. The van der Waals surface area contributed by atoms with Crippen molar-refractivity contribution in [1.29, 1.82) is 0 Å². The Kier molecular flexibility index (Phi) is 8.83. The van der Waals surface area contributed by atoms with E-state index in [0.717, 1.165) is 0 Å². The molecule has 0 bridgehead atoms. The summed E-state index contributed by atoms with van der Waals surface area (Å²) in [5.41, 5.74) is 14.7. The number of hydrogen-bond acceptors (Lipinski definition) is 0. The summed E-state index contributed by atoms with van der Waals surface area (Å²) in [4.78, 5) is 0. The molecule has 4 heteroatoms. The summed E-state index contributed by atoms with van der Waals surface area (Å²) in [6.07, 6.45) is 4.97. The summed E-state index contributed by atoms with van der Waals surface area (Å²) in [5.74, 6) is -1.05. The Morgan fingerprint density at radius 2 is 1.08 bits per heavy atom. The predicted molar refractivity (Wildman–Crippen MR) is 225 cm³/mol.